The maximum Gasteiger partial charge on any atom is 0.0746 e. The summed E-state index contributed by atoms with van der Waals surface area (Å²) in [5.74, 6) is 0. The zero-order valence-electron chi connectivity index (χ0n) is 9.49. The molecule has 1 aliphatic rings. The SMILES string of the molecule is CSc1ccc(NCC2(C#N)CCC2)cc1. The van der Waals surface area contributed by atoms with Crippen molar-refractivity contribution in [1.29, 1.82) is 5.26 Å². The number of anilines is 1. The van der Waals surface area contributed by atoms with Crippen LogP contribution in [0.3, 0.4) is 0 Å². The molecular formula is C13H16N2S. The summed E-state index contributed by atoms with van der Waals surface area (Å²) in [6, 6.07) is 10.8. The highest BCUT2D eigenvalue weighted by molar-refractivity contribution is 7.98. The molecule has 1 saturated carbocycles. The Kier molecular flexibility index (Phi) is 3.40. The van der Waals surface area contributed by atoms with E-state index >= 15 is 0 Å². The Morgan fingerprint density at radius 1 is 1.38 bits per heavy atom. The Labute approximate surface area is 101 Å². The van der Waals surface area contributed by atoms with Crippen molar-refractivity contribution in [3.63, 3.8) is 0 Å². The number of nitriles is 1. The zero-order valence-corrected chi connectivity index (χ0v) is 10.3. The lowest BCUT2D eigenvalue weighted by Crippen LogP contribution is -2.34. The second-order valence-electron chi connectivity index (χ2n) is 4.33. The average Bonchev–Trinajstić information content (AvgIpc) is 2.29. The van der Waals surface area contributed by atoms with Gasteiger partial charge in [-0.15, -0.1) is 11.8 Å². The minimum absolute atomic E-state index is 0.0990. The van der Waals surface area contributed by atoms with Crippen LogP contribution in [-0.2, 0) is 0 Å². The summed E-state index contributed by atoms with van der Waals surface area (Å²) in [6.07, 6.45) is 5.35. The standard InChI is InChI=1S/C13H16N2S/c1-16-12-5-3-11(4-6-12)15-10-13(9-14)7-2-8-13/h3-6,15H,2,7-8,10H2,1H3. The van der Waals surface area contributed by atoms with Crippen LogP contribution in [0.5, 0.6) is 0 Å². The van der Waals surface area contributed by atoms with Crippen molar-refractivity contribution in [3.05, 3.63) is 24.3 Å². The molecule has 0 bridgehead atoms. The molecule has 3 heteroatoms. The fourth-order valence-electron chi connectivity index (χ4n) is 1.91. The third-order valence-electron chi connectivity index (χ3n) is 3.27. The number of nitrogens with zero attached hydrogens (tertiary/aromatic N) is 1. The van der Waals surface area contributed by atoms with Gasteiger partial charge in [0, 0.05) is 17.1 Å². The fraction of sp³-hybridized carbons (Fsp3) is 0.462. The Balaban J connectivity index is 1.92. The van der Waals surface area contributed by atoms with E-state index in [0.29, 0.717) is 0 Å². The Morgan fingerprint density at radius 3 is 2.50 bits per heavy atom. The topological polar surface area (TPSA) is 35.8 Å². The highest BCUT2D eigenvalue weighted by Crippen LogP contribution is 2.40. The molecule has 0 amide bonds. The van der Waals surface area contributed by atoms with Gasteiger partial charge < -0.3 is 5.32 Å². The Bertz CT molecular complexity index is 387. The van der Waals surface area contributed by atoms with E-state index in [4.69, 9.17) is 5.26 Å². The average molecular weight is 232 g/mol. The first-order valence-electron chi connectivity index (χ1n) is 5.57. The van der Waals surface area contributed by atoms with Crippen LogP contribution in [0, 0.1) is 16.7 Å². The number of rotatable bonds is 4. The van der Waals surface area contributed by atoms with Crippen molar-refractivity contribution < 1.29 is 0 Å². The highest BCUT2D eigenvalue weighted by atomic mass is 32.2. The second kappa shape index (κ2) is 4.80. The van der Waals surface area contributed by atoms with Gasteiger partial charge in [0.25, 0.3) is 0 Å². The van der Waals surface area contributed by atoms with Gasteiger partial charge in [0.15, 0.2) is 0 Å². The van der Waals surface area contributed by atoms with E-state index in [0.717, 1.165) is 25.1 Å². The summed E-state index contributed by atoms with van der Waals surface area (Å²) >= 11 is 1.74. The first kappa shape index (κ1) is 11.3. The molecule has 1 aliphatic carbocycles. The van der Waals surface area contributed by atoms with E-state index in [1.54, 1.807) is 11.8 Å². The van der Waals surface area contributed by atoms with E-state index in [1.807, 2.05) is 0 Å². The molecule has 16 heavy (non-hydrogen) atoms. The largest absolute Gasteiger partial charge is 0.383 e. The van der Waals surface area contributed by atoms with E-state index < -0.39 is 0 Å². The smallest absolute Gasteiger partial charge is 0.0746 e. The van der Waals surface area contributed by atoms with Crippen LogP contribution in [-0.4, -0.2) is 12.8 Å². The molecule has 1 N–H and O–H groups in total. The van der Waals surface area contributed by atoms with Crippen molar-refractivity contribution >= 4 is 17.4 Å². The summed E-state index contributed by atoms with van der Waals surface area (Å²) in [4.78, 5) is 1.27. The summed E-state index contributed by atoms with van der Waals surface area (Å²) < 4.78 is 0. The molecule has 0 unspecified atom stereocenters. The molecule has 0 aromatic heterocycles. The van der Waals surface area contributed by atoms with Crippen molar-refractivity contribution in [2.75, 3.05) is 18.1 Å². The number of hydrogen-bond donors (Lipinski definition) is 1. The van der Waals surface area contributed by atoms with Crippen LogP contribution >= 0.6 is 11.8 Å². The monoisotopic (exact) mass is 232 g/mol. The summed E-state index contributed by atoms with van der Waals surface area (Å²) in [6.45, 7) is 0.780. The lowest BCUT2D eigenvalue weighted by Gasteiger charge is -2.35. The Morgan fingerprint density at radius 2 is 2.06 bits per heavy atom. The number of hydrogen-bond acceptors (Lipinski definition) is 3. The van der Waals surface area contributed by atoms with Gasteiger partial charge in [-0.25, -0.2) is 0 Å². The number of nitrogens with one attached hydrogen (secondary N) is 1. The third kappa shape index (κ3) is 2.33. The van der Waals surface area contributed by atoms with Crippen molar-refractivity contribution in [2.24, 2.45) is 5.41 Å². The van der Waals surface area contributed by atoms with Gasteiger partial charge in [-0.05, 0) is 43.4 Å². The molecule has 0 atom stereocenters. The Hall–Kier alpha value is -1.14. The van der Waals surface area contributed by atoms with E-state index in [1.165, 1.54) is 11.3 Å². The minimum Gasteiger partial charge on any atom is -0.383 e. The summed E-state index contributed by atoms with van der Waals surface area (Å²) in [5.41, 5.74) is 1.01. The molecule has 1 fully saturated rings. The van der Waals surface area contributed by atoms with Crippen LogP contribution < -0.4 is 5.32 Å². The molecule has 1 aromatic rings. The van der Waals surface area contributed by atoms with E-state index in [9.17, 15) is 0 Å². The summed E-state index contributed by atoms with van der Waals surface area (Å²) in [7, 11) is 0. The zero-order chi connectivity index (χ0) is 11.4. The van der Waals surface area contributed by atoms with Crippen LogP contribution in [0.4, 0.5) is 5.69 Å². The van der Waals surface area contributed by atoms with Gasteiger partial charge in [0.2, 0.25) is 0 Å². The molecule has 1 aromatic carbocycles. The maximum atomic E-state index is 9.10. The van der Waals surface area contributed by atoms with Crippen molar-refractivity contribution in [2.45, 2.75) is 24.2 Å². The van der Waals surface area contributed by atoms with Gasteiger partial charge in [0.05, 0.1) is 11.5 Å². The summed E-state index contributed by atoms with van der Waals surface area (Å²) in [5, 5.41) is 12.5. The first-order chi connectivity index (χ1) is 7.78. The minimum atomic E-state index is -0.0990. The van der Waals surface area contributed by atoms with E-state index in [2.05, 4.69) is 41.9 Å². The van der Waals surface area contributed by atoms with Gasteiger partial charge >= 0.3 is 0 Å². The normalized spacial score (nSPS) is 17.2. The lowest BCUT2D eigenvalue weighted by atomic mass is 9.70. The molecule has 2 rings (SSSR count). The van der Waals surface area contributed by atoms with Gasteiger partial charge in [-0.2, -0.15) is 5.26 Å². The molecule has 2 nitrogen and oxygen atoms in total. The van der Waals surface area contributed by atoms with Crippen molar-refractivity contribution in [3.8, 4) is 6.07 Å². The van der Waals surface area contributed by atoms with Crippen LogP contribution in [0.25, 0.3) is 0 Å². The molecular weight excluding hydrogens is 216 g/mol. The van der Waals surface area contributed by atoms with Gasteiger partial charge in [-0.1, -0.05) is 6.42 Å². The predicted octanol–water partition coefficient (Wildman–Crippen LogP) is 3.51. The number of thioether (sulfide) groups is 1. The van der Waals surface area contributed by atoms with Crippen LogP contribution in [0.1, 0.15) is 19.3 Å². The van der Waals surface area contributed by atoms with E-state index in [-0.39, 0.29) is 5.41 Å². The third-order valence-corrected chi connectivity index (χ3v) is 4.01. The van der Waals surface area contributed by atoms with Crippen molar-refractivity contribution in [1.82, 2.24) is 0 Å². The molecule has 0 heterocycles. The van der Waals surface area contributed by atoms with Crippen LogP contribution in [0.15, 0.2) is 29.2 Å². The highest BCUT2D eigenvalue weighted by Gasteiger charge is 2.36. The first-order valence-corrected chi connectivity index (χ1v) is 6.80. The molecule has 0 saturated heterocycles. The molecule has 0 spiro atoms. The van der Waals surface area contributed by atoms with Crippen LogP contribution in [0.2, 0.25) is 0 Å². The molecule has 0 aliphatic heterocycles. The lowest BCUT2D eigenvalue weighted by molar-refractivity contribution is 0.233. The van der Waals surface area contributed by atoms with Gasteiger partial charge in [0.1, 0.15) is 0 Å². The predicted molar refractivity (Wildman–Crippen MR) is 68.6 cm³/mol. The second-order valence-corrected chi connectivity index (χ2v) is 5.21. The fourth-order valence-corrected chi connectivity index (χ4v) is 2.32. The molecule has 0 radical (unpaired) electrons. The maximum absolute atomic E-state index is 9.10. The quantitative estimate of drug-likeness (QED) is 0.807. The molecule has 84 valence electrons. The number of benzene rings is 1. The van der Waals surface area contributed by atoms with Gasteiger partial charge in [-0.3, -0.25) is 0 Å².